The molecule has 0 bridgehead atoms. The fraction of sp³-hybridized carbons (Fsp3) is 0.429. The van der Waals surface area contributed by atoms with Gasteiger partial charge in [-0.3, -0.25) is 0 Å². The van der Waals surface area contributed by atoms with Gasteiger partial charge >= 0.3 is 0 Å². The van der Waals surface area contributed by atoms with Gasteiger partial charge in [0, 0.05) is 0 Å². The Morgan fingerprint density at radius 2 is 1.86 bits per heavy atom. The van der Waals surface area contributed by atoms with Crippen molar-refractivity contribution in [2.24, 2.45) is 5.41 Å². The Labute approximate surface area is 88.7 Å². The SMILES string of the molecule is C=CC.CC(C)(C)C1=CC=CCC=C1. The molecule has 0 heteroatoms. The van der Waals surface area contributed by atoms with Gasteiger partial charge in [-0.2, -0.15) is 0 Å². The Balaban J connectivity index is 0.000000500. The van der Waals surface area contributed by atoms with E-state index in [1.54, 1.807) is 6.08 Å². The molecule has 1 aliphatic carbocycles. The summed E-state index contributed by atoms with van der Waals surface area (Å²) in [4.78, 5) is 0. The van der Waals surface area contributed by atoms with Crippen molar-refractivity contribution in [2.75, 3.05) is 0 Å². The average molecular weight is 190 g/mol. The second-order valence-corrected chi connectivity index (χ2v) is 4.35. The van der Waals surface area contributed by atoms with Crippen LogP contribution in [-0.4, -0.2) is 0 Å². The maximum absolute atomic E-state index is 3.36. The highest BCUT2D eigenvalue weighted by molar-refractivity contribution is 5.31. The first kappa shape index (κ1) is 13.0. The minimum Gasteiger partial charge on any atom is -0.103 e. The van der Waals surface area contributed by atoms with Gasteiger partial charge in [-0.1, -0.05) is 57.2 Å². The summed E-state index contributed by atoms with van der Waals surface area (Å²) >= 11 is 0. The Morgan fingerprint density at radius 1 is 1.29 bits per heavy atom. The van der Waals surface area contributed by atoms with Gasteiger partial charge in [0.1, 0.15) is 0 Å². The van der Waals surface area contributed by atoms with Gasteiger partial charge < -0.3 is 0 Å². The van der Waals surface area contributed by atoms with Crippen LogP contribution in [0.15, 0.2) is 48.6 Å². The van der Waals surface area contributed by atoms with Crippen LogP contribution in [0, 0.1) is 5.41 Å². The van der Waals surface area contributed by atoms with E-state index in [-0.39, 0.29) is 5.41 Å². The van der Waals surface area contributed by atoms with Crippen molar-refractivity contribution in [3.63, 3.8) is 0 Å². The van der Waals surface area contributed by atoms with E-state index in [0.29, 0.717) is 0 Å². The van der Waals surface area contributed by atoms with Crippen LogP contribution in [0.1, 0.15) is 34.1 Å². The van der Waals surface area contributed by atoms with E-state index >= 15 is 0 Å². The molecule has 0 radical (unpaired) electrons. The molecular weight excluding hydrogens is 168 g/mol. The molecule has 0 saturated heterocycles. The smallest absolute Gasteiger partial charge is 0.0132 e. The molecule has 0 fully saturated rings. The average Bonchev–Trinajstić information content (AvgIpc) is 2.31. The standard InChI is InChI=1S/C11H16.C3H6/c1-11(2,3)10-8-6-4-5-7-9-10;1-3-2/h4,6-9H,5H2,1-3H3;3H,1H2,2H3. The van der Waals surface area contributed by atoms with Crippen molar-refractivity contribution in [1.82, 2.24) is 0 Å². The number of allylic oxidation sites excluding steroid dienone is 7. The maximum Gasteiger partial charge on any atom is -0.0132 e. The third kappa shape index (κ3) is 5.58. The molecule has 0 spiro atoms. The summed E-state index contributed by atoms with van der Waals surface area (Å²) < 4.78 is 0. The first-order valence-electron chi connectivity index (χ1n) is 5.13. The molecule has 78 valence electrons. The highest BCUT2D eigenvalue weighted by Crippen LogP contribution is 2.27. The van der Waals surface area contributed by atoms with Gasteiger partial charge in [-0.05, 0) is 24.3 Å². The molecule has 0 aliphatic heterocycles. The Morgan fingerprint density at radius 3 is 2.36 bits per heavy atom. The van der Waals surface area contributed by atoms with E-state index in [2.05, 4.69) is 57.7 Å². The zero-order valence-electron chi connectivity index (χ0n) is 9.88. The quantitative estimate of drug-likeness (QED) is 0.487. The van der Waals surface area contributed by atoms with Crippen LogP contribution in [0.5, 0.6) is 0 Å². The monoisotopic (exact) mass is 190 g/mol. The summed E-state index contributed by atoms with van der Waals surface area (Å²) in [6.45, 7) is 12.0. The van der Waals surface area contributed by atoms with Crippen LogP contribution < -0.4 is 0 Å². The summed E-state index contributed by atoms with van der Waals surface area (Å²) in [5, 5.41) is 0. The van der Waals surface area contributed by atoms with Crippen molar-refractivity contribution in [2.45, 2.75) is 34.1 Å². The summed E-state index contributed by atoms with van der Waals surface area (Å²) in [5.74, 6) is 0. The lowest BCUT2D eigenvalue weighted by Crippen LogP contribution is -2.06. The van der Waals surface area contributed by atoms with E-state index in [0.717, 1.165) is 6.42 Å². The fourth-order valence-electron chi connectivity index (χ4n) is 1.08. The highest BCUT2D eigenvalue weighted by Gasteiger charge is 2.13. The highest BCUT2D eigenvalue weighted by atomic mass is 14.2. The van der Waals surface area contributed by atoms with Gasteiger partial charge in [0.25, 0.3) is 0 Å². The van der Waals surface area contributed by atoms with Crippen LogP contribution in [-0.2, 0) is 0 Å². The van der Waals surface area contributed by atoms with E-state index in [4.69, 9.17) is 0 Å². The molecule has 0 aromatic rings. The molecule has 0 saturated carbocycles. The summed E-state index contributed by atoms with van der Waals surface area (Å²) in [7, 11) is 0. The van der Waals surface area contributed by atoms with Crippen LogP contribution in [0.3, 0.4) is 0 Å². The molecule has 0 N–H and O–H groups in total. The topological polar surface area (TPSA) is 0 Å². The minimum absolute atomic E-state index is 0.283. The number of hydrogen-bond donors (Lipinski definition) is 0. The largest absolute Gasteiger partial charge is 0.103 e. The molecule has 1 rings (SSSR count). The molecule has 0 amide bonds. The van der Waals surface area contributed by atoms with Crippen molar-refractivity contribution < 1.29 is 0 Å². The third-order valence-electron chi connectivity index (χ3n) is 1.85. The number of rotatable bonds is 0. The lowest BCUT2D eigenvalue weighted by atomic mass is 9.86. The molecule has 0 unspecified atom stereocenters. The van der Waals surface area contributed by atoms with Gasteiger partial charge in [-0.25, -0.2) is 0 Å². The molecular formula is C14H22. The predicted molar refractivity (Wildman–Crippen MR) is 66.3 cm³/mol. The van der Waals surface area contributed by atoms with Crippen LogP contribution in [0.4, 0.5) is 0 Å². The normalized spacial score (nSPS) is 15.0. The fourth-order valence-corrected chi connectivity index (χ4v) is 1.08. The molecule has 0 heterocycles. The van der Waals surface area contributed by atoms with E-state index in [1.165, 1.54) is 5.57 Å². The van der Waals surface area contributed by atoms with E-state index in [9.17, 15) is 0 Å². The third-order valence-corrected chi connectivity index (χ3v) is 1.85. The maximum atomic E-state index is 3.36. The lowest BCUT2D eigenvalue weighted by Gasteiger charge is -2.19. The van der Waals surface area contributed by atoms with Crippen molar-refractivity contribution in [3.8, 4) is 0 Å². The molecule has 1 aliphatic rings. The van der Waals surface area contributed by atoms with Crippen LogP contribution in [0.25, 0.3) is 0 Å². The summed E-state index contributed by atoms with van der Waals surface area (Å²) in [5.41, 5.74) is 1.69. The summed E-state index contributed by atoms with van der Waals surface area (Å²) in [6, 6.07) is 0. The number of hydrogen-bond acceptors (Lipinski definition) is 0. The molecule has 0 nitrogen and oxygen atoms in total. The first-order chi connectivity index (χ1) is 6.52. The Hall–Kier alpha value is -1.04. The second kappa shape index (κ2) is 6.42. The van der Waals surface area contributed by atoms with Gasteiger partial charge in [0.2, 0.25) is 0 Å². The summed E-state index contributed by atoms with van der Waals surface area (Å²) in [6.07, 6.45) is 13.8. The van der Waals surface area contributed by atoms with E-state index < -0.39 is 0 Å². The molecule has 14 heavy (non-hydrogen) atoms. The van der Waals surface area contributed by atoms with Crippen molar-refractivity contribution in [3.05, 3.63) is 48.6 Å². The second-order valence-electron chi connectivity index (χ2n) is 4.35. The van der Waals surface area contributed by atoms with Gasteiger partial charge in [0.15, 0.2) is 0 Å². The lowest BCUT2D eigenvalue weighted by molar-refractivity contribution is 0.517. The van der Waals surface area contributed by atoms with E-state index in [1.807, 2.05) is 6.92 Å². The Bertz CT molecular complexity index is 244. The van der Waals surface area contributed by atoms with Crippen LogP contribution in [0.2, 0.25) is 0 Å². The van der Waals surface area contributed by atoms with Gasteiger partial charge in [0.05, 0.1) is 0 Å². The first-order valence-corrected chi connectivity index (χ1v) is 5.13. The molecule has 0 aromatic carbocycles. The van der Waals surface area contributed by atoms with Crippen LogP contribution >= 0.6 is 0 Å². The molecule has 0 atom stereocenters. The zero-order chi connectivity index (χ0) is 11.0. The Kier molecular flexibility index (Phi) is 5.94. The van der Waals surface area contributed by atoms with Crippen molar-refractivity contribution >= 4 is 0 Å². The van der Waals surface area contributed by atoms with Gasteiger partial charge in [-0.15, -0.1) is 6.58 Å². The minimum atomic E-state index is 0.283. The molecule has 0 aromatic heterocycles. The van der Waals surface area contributed by atoms with Crippen molar-refractivity contribution in [1.29, 1.82) is 0 Å². The zero-order valence-corrected chi connectivity index (χ0v) is 9.88. The predicted octanol–water partition coefficient (Wildman–Crippen LogP) is 4.67.